The second kappa shape index (κ2) is 6.57. The number of piperidine rings is 1. The van der Waals surface area contributed by atoms with Crippen LogP contribution in [0.3, 0.4) is 0 Å². The van der Waals surface area contributed by atoms with Crippen molar-refractivity contribution < 1.29 is 4.79 Å². The summed E-state index contributed by atoms with van der Waals surface area (Å²) in [7, 11) is 0. The van der Waals surface area contributed by atoms with Crippen molar-refractivity contribution in [2.75, 3.05) is 11.9 Å². The van der Waals surface area contributed by atoms with Crippen LogP contribution in [0.15, 0.2) is 24.5 Å². The molecular formula is C12H18ClN3O. The maximum atomic E-state index is 11.9. The van der Waals surface area contributed by atoms with Crippen molar-refractivity contribution in [1.82, 2.24) is 10.3 Å². The van der Waals surface area contributed by atoms with Gasteiger partial charge in [-0.1, -0.05) is 6.92 Å². The third-order valence-electron chi connectivity index (χ3n) is 2.91. The summed E-state index contributed by atoms with van der Waals surface area (Å²) in [6.07, 6.45) is 5.41. The van der Waals surface area contributed by atoms with Crippen molar-refractivity contribution in [2.24, 2.45) is 5.92 Å². The molecule has 1 aromatic rings. The molecule has 1 aromatic heterocycles. The number of pyridine rings is 1. The van der Waals surface area contributed by atoms with Crippen LogP contribution in [0, 0.1) is 5.92 Å². The molecule has 0 radical (unpaired) electrons. The minimum atomic E-state index is -0.0658. The van der Waals surface area contributed by atoms with E-state index in [0.717, 1.165) is 25.1 Å². The zero-order valence-corrected chi connectivity index (χ0v) is 10.7. The van der Waals surface area contributed by atoms with E-state index in [1.807, 2.05) is 12.1 Å². The lowest BCUT2D eigenvalue weighted by molar-refractivity contribution is -0.119. The maximum Gasteiger partial charge on any atom is 0.241 e. The topological polar surface area (TPSA) is 54.0 Å². The SMILES string of the molecule is CC1CCNC(C(=O)Nc2cccnc2)C1.Cl. The largest absolute Gasteiger partial charge is 0.323 e. The number of nitrogens with zero attached hydrogens (tertiary/aromatic N) is 1. The van der Waals surface area contributed by atoms with E-state index in [9.17, 15) is 4.79 Å². The maximum absolute atomic E-state index is 11.9. The van der Waals surface area contributed by atoms with Gasteiger partial charge in [-0.25, -0.2) is 0 Å². The summed E-state index contributed by atoms with van der Waals surface area (Å²) in [4.78, 5) is 15.9. The van der Waals surface area contributed by atoms with Crippen LogP contribution in [-0.2, 0) is 4.79 Å². The molecule has 0 aromatic carbocycles. The molecule has 2 unspecified atom stereocenters. The molecule has 1 amide bonds. The van der Waals surface area contributed by atoms with E-state index in [1.54, 1.807) is 12.4 Å². The van der Waals surface area contributed by atoms with E-state index in [-0.39, 0.29) is 24.4 Å². The molecule has 94 valence electrons. The lowest BCUT2D eigenvalue weighted by Gasteiger charge is -2.27. The summed E-state index contributed by atoms with van der Waals surface area (Å²) in [5.74, 6) is 0.658. The van der Waals surface area contributed by atoms with Gasteiger partial charge in [0.1, 0.15) is 0 Å². The third-order valence-corrected chi connectivity index (χ3v) is 2.91. The molecule has 2 atom stereocenters. The van der Waals surface area contributed by atoms with Crippen molar-refractivity contribution in [3.05, 3.63) is 24.5 Å². The molecule has 2 N–H and O–H groups in total. The highest BCUT2D eigenvalue weighted by Crippen LogP contribution is 2.16. The van der Waals surface area contributed by atoms with Crippen LogP contribution in [0.5, 0.6) is 0 Å². The van der Waals surface area contributed by atoms with Crippen LogP contribution in [0.4, 0.5) is 5.69 Å². The van der Waals surface area contributed by atoms with Gasteiger partial charge in [0.25, 0.3) is 0 Å². The Morgan fingerprint density at radius 2 is 2.41 bits per heavy atom. The van der Waals surface area contributed by atoms with Gasteiger partial charge in [-0.2, -0.15) is 0 Å². The minimum Gasteiger partial charge on any atom is -0.323 e. The Bertz CT molecular complexity index is 358. The van der Waals surface area contributed by atoms with Crippen LogP contribution >= 0.6 is 12.4 Å². The molecule has 0 spiro atoms. The Kier molecular flexibility index (Phi) is 5.38. The first kappa shape index (κ1) is 13.9. The predicted octanol–water partition coefficient (Wildman–Crippen LogP) is 1.83. The summed E-state index contributed by atoms with van der Waals surface area (Å²) in [6, 6.07) is 3.59. The number of amides is 1. The fourth-order valence-electron chi connectivity index (χ4n) is 1.97. The summed E-state index contributed by atoms with van der Waals surface area (Å²) in [5, 5.41) is 6.11. The van der Waals surface area contributed by atoms with E-state index in [2.05, 4.69) is 22.5 Å². The number of rotatable bonds is 2. The molecule has 17 heavy (non-hydrogen) atoms. The first-order valence-electron chi connectivity index (χ1n) is 5.70. The van der Waals surface area contributed by atoms with Crippen LogP contribution in [0.2, 0.25) is 0 Å². The normalized spacial score (nSPS) is 23.6. The molecule has 1 aliphatic rings. The van der Waals surface area contributed by atoms with Gasteiger partial charge in [-0.05, 0) is 37.4 Å². The Morgan fingerprint density at radius 3 is 3.06 bits per heavy atom. The second-order valence-electron chi connectivity index (χ2n) is 4.37. The number of hydrogen-bond donors (Lipinski definition) is 2. The van der Waals surface area contributed by atoms with Crippen molar-refractivity contribution in [2.45, 2.75) is 25.8 Å². The monoisotopic (exact) mass is 255 g/mol. The molecule has 1 aliphatic heterocycles. The standard InChI is InChI=1S/C12H17N3O.ClH/c1-9-4-6-14-11(7-9)12(16)15-10-3-2-5-13-8-10;/h2-3,5,8-9,11,14H,4,6-7H2,1H3,(H,15,16);1H. The molecule has 2 rings (SSSR count). The van der Waals surface area contributed by atoms with Gasteiger partial charge >= 0.3 is 0 Å². The molecule has 0 saturated carbocycles. The zero-order valence-electron chi connectivity index (χ0n) is 9.85. The number of carbonyl (C=O) groups excluding carboxylic acids is 1. The Balaban J connectivity index is 0.00000144. The highest BCUT2D eigenvalue weighted by Gasteiger charge is 2.24. The fourth-order valence-corrected chi connectivity index (χ4v) is 1.97. The van der Waals surface area contributed by atoms with Crippen LogP contribution in [0.25, 0.3) is 0 Å². The molecule has 1 saturated heterocycles. The quantitative estimate of drug-likeness (QED) is 0.848. The van der Waals surface area contributed by atoms with Crippen molar-refractivity contribution in [1.29, 1.82) is 0 Å². The molecule has 4 nitrogen and oxygen atoms in total. The van der Waals surface area contributed by atoms with E-state index in [1.165, 1.54) is 0 Å². The number of aromatic nitrogens is 1. The van der Waals surface area contributed by atoms with E-state index < -0.39 is 0 Å². The lowest BCUT2D eigenvalue weighted by atomic mass is 9.94. The number of nitrogens with one attached hydrogen (secondary N) is 2. The summed E-state index contributed by atoms with van der Waals surface area (Å²) >= 11 is 0. The van der Waals surface area contributed by atoms with E-state index >= 15 is 0 Å². The Labute approximate surface area is 108 Å². The first-order chi connectivity index (χ1) is 7.75. The van der Waals surface area contributed by atoms with Crippen molar-refractivity contribution in [3.8, 4) is 0 Å². The molecule has 2 heterocycles. The molecule has 5 heteroatoms. The Morgan fingerprint density at radius 1 is 1.59 bits per heavy atom. The third kappa shape index (κ3) is 3.98. The zero-order chi connectivity index (χ0) is 11.4. The fraction of sp³-hybridized carbons (Fsp3) is 0.500. The summed E-state index contributed by atoms with van der Waals surface area (Å²) in [6.45, 7) is 3.11. The minimum absolute atomic E-state index is 0. The molecule has 0 aliphatic carbocycles. The van der Waals surface area contributed by atoms with Crippen LogP contribution < -0.4 is 10.6 Å². The van der Waals surface area contributed by atoms with Gasteiger partial charge in [0.2, 0.25) is 5.91 Å². The second-order valence-corrected chi connectivity index (χ2v) is 4.37. The van der Waals surface area contributed by atoms with Crippen molar-refractivity contribution in [3.63, 3.8) is 0 Å². The smallest absolute Gasteiger partial charge is 0.241 e. The van der Waals surface area contributed by atoms with E-state index in [4.69, 9.17) is 0 Å². The van der Waals surface area contributed by atoms with Crippen molar-refractivity contribution >= 4 is 24.0 Å². The van der Waals surface area contributed by atoms with Gasteiger partial charge in [0.15, 0.2) is 0 Å². The highest BCUT2D eigenvalue weighted by molar-refractivity contribution is 5.94. The van der Waals surface area contributed by atoms with Gasteiger partial charge in [0, 0.05) is 6.20 Å². The number of anilines is 1. The number of carbonyl (C=O) groups is 1. The number of hydrogen-bond acceptors (Lipinski definition) is 3. The van der Waals surface area contributed by atoms with Crippen LogP contribution in [0.1, 0.15) is 19.8 Å². The molecular weight excluding hydrogens is 238 g/mol. The Hall–Kier alpha value is -1.13. The summed E-state index contributed by atoms with van der Waals surface area (Å²) in [5.41, 5.74) is 0.757. The average Bonchev–Trinajstić information content (AvgIpc) is 2.30. The summed E-state index contributed by atoms with van der Waals surface area (Å²) < 4.78 is 0. The first-order valence-corrected chi connectivity index (χ1v) is 5.70. The molecule has 1 fully saturated rings. The average molecular weight is 256 g/mol. The van der Waals surface area contributed by atoms with E-state index in [0.29, 0.717) is 5.92 Å². The van der Waals surface area contributed by atoms with Gasteiger partial charge in [-0.15, -0.1) is 12.4 Å². The van der Waals surface area contributed by atoms with Gasteiger partial charge < -0.3 is 10.6 Å². The number of halogens is 1. The molecule has 0 bridgehead atoms. The van der Waals surface area contributed by atoms with Gasteiger partial charge in [-0.3, -0.25) is 9.78 Å². The van der Waals surface area contributed by atoms with Crippen LogP contribution in [-0.4, -0.2) is 23.5 Å². The highest BCUT2D eigenvalue weighted by atomic mass is 35.5. The van der Waals surface area contributed by atoms with Gasteiger partial charge in [0.05, 0.1) is 17.9 Å². The predicted molar refractivity (Wildman–Crippen MR) is 70.3 cm³/mol. The lowest BCUT2D eigenvalue weighted by Crippen LogP contribution is -2.45.